The minimum Gasteiger partial charge on any atom is -0.396 e. The van der Waals surface area contributed by atoms with Crippen LogP contribution >= 0.6 is 0 Å². The van der Waals surface area contributed by atoms with Gasteiger partial charge in [0.1, 0.15) is 0 Å². The Labute approximate surface area is 137 Å². The molecule has 3 nitrogen and oxygen atoms in total. The van der Waals surface area contributed by atoms with E-state index in [1.54, 1.807) is 0 Å². The van der Waals surface area contributed by atoms with Gasteiger partial charge in [0.25, 0.3) is 0 Å². The number of amides is 1. The molecule has 2 aromatic rings. The summed E-state index contributed by atoms with van der Waals surface area (Å²) in [6.45, 7) is 2.64. The fourth-order valence-corrected chi connectivity index (χ4v) is 2.98. The number of nitrogens with one attached hydrogen (secondary N) is 1. The van der Waals surface area contributed by atoms with Crippen molar-refractivity contribution in [2.45, 2.75) is 25.2 Å². The molecule has 1 amide bonds. The summed E-state index contributed by atoms with van der Waals surface area (Å²) < 4.78 is 0. The van der Waals surface area contributed by atoms with Crippen LogP contribution in [0.5, 0.6) is 0 Å². The quantitative estimate of drug-likeness (QED) is 0.862. The summed E-state index contributed by atoms with van der Waals surface area (Å²) in [5, 5.41) is 12.5. The van der Waals surface area contributed by atoms with Crippen LogP contribution in [0.2, 0.25) is 0 Å². The molecular weight excluding hydrogens is 286 g/mol. The van der Waals surface area contributed by atoms with Crippen LogP contribution < -0.4 is 5.32 Å². The predicted octanol–water partition coefficient (Wildman–Crippen LogP) is 2.88. The first-order chi connectivity index (χ1) is 11.1. The molecule has 0 atom stereocenters. The standard InChI is InChI=1S/C20H23NO2/c1-19(16-8-4-2-5-9-16,17-10-6-3-7-11-17)18(23)21-14-20(15-22)12-13-20/h2-11,22H,12-15H2,1H3,(H,21,23). The van der Waals surface area contributed by atoms with Gasteiger partial charge in [0.05, 0.1) is 12.0 Å². The van der Waals surface area contributed by atoms with Gasteiger partial charge >= 0.3 is 0 Å². The van der Waals surface area contributed by atoms with E-state index in [2.05, 4.69) is 5.32 Å². The lowest BCUT2D eigenvalue weighted by Crippen LogP contribution is -2.45. The number of carbonyl (C=O) groups excluding carboxylic acids is 1. The maximum Gasteiger partial charge on any atom is 0.234 e. The van der Waals surface area contributed by atoms with Gasteiger partial charge in [0.2, 0.25) is 5.91 Å². The van der Waals surface area contributed by atoms with Crippen LogP contribution in [-0.4, -0.2) is 24.2 Å². The third-order valence-electron chi connectivity index (χ3n) is 5.07. The Kier molecular flexibility index (Phi) is 4.22. The summed E-state index contributed by atoms with van der Waals surface area (Å²) in [4.78, 5) is 13.1. The van der Waals surface area contributed by atoms with Crippen molar-refractivity contribution in [1.29, 1.82) is 0 Å². The molecule has 0 aromatic heterocycles. The van der Waals surface area contributed by atoms with Crippen LogP contribution in [0.1, 0.15) is 30.9 Å². The van der Waals surface area contributed by atoms with Crippen molar-refractivity contribution >= 4 is 5.91 Å². The first-order valence-corrected chi connectivity index (χ1v) is 8.11. The second-order valence-electron chi connectivity index (χ2n) is 6.70. The molecule has 0 heterocycles. The number of carbonyl (C=O) groups is 1. The molecule has 120 valence electrons. The van der Waals surface area contributed by atoms with Crippen molar-refractivity contribution < 1.29 is 9.90 Å². The SMILES string of the molecule is CC(C(=O)NCC1(CO)CC1)(c1ccccc1)c1ccccc1. The molecule has 2 N–H and O–H groups in total. The summed E-state index contributed by atoms with van der Waals surface area (Å²) in [7, 11) is 0. The van der Waals surface area contributed by atoms with Gasteiger partial charge in [0, 0.05) is 12.0 Å². The second-order valence-corrected chi connectivity index (χ2v) is 6.70. The van der Waals surface area contributed by atoms with Crippen molar-refractivity contribution in [3.05, 3.63) is 71.8 Å². The van der Waals surface area contributed by atoms with Gasteiger partial charge in [-0.05, 0) is 30.9 Å². The Hall–Kier alpha value is -2.13. The minimum absolute atomic E-state index is 0.0189. The van der Waals surface area contributed by atoms with E-state index in [4.69, 9.17) is 0 Å². The Morgan fingerprint density at radius 1 is 1.04 bits per heavy atom. The average Bonchev–Trinajstić information content (AvgIpc) is 3.41. The molecule has 0 radical (unpaired) electrons. The van der Waals surface area contributed by atoms with Gasteiger partial charge in [0.15, 0.2) is 0 Å². The highest BCUT2D eigenvalue weighted by Gasteiger charge is 2.44. The topological polar surface area (TPSA) is 49.3 Å². The molecule has 0 spiro atoms. The molecule has 0 saturated heterocycles. The number of hydrogen-bond donors (Lipinski definition) is 2. The predicted molar refractivity (Wildman–Crippen MR) is 91.1 cm³/mol. The molecule has 23 heavy (non-hydrogen) atoms. The maximum absolute atomic E-state index is 13.1. The molecule has 3 rings (SSSR count). The van der Waals surface area contributed by atoms with Crippen molar-refractivity contribution in [3.63, 3.8) is 0 Å². The van der Waals surface area contributed by atoms with Crippen LogP contribution in [-0.2, 0) is 10.2 Å². The number of rotatable bonds is 6. The number of aliphatic hydroxyl groups excluding tert-OH is 1. The average molecular weight is 309 g/mol. The Morgan fingerprint density at radius 3 is 1.91 bits per heavy atom. The van der Waals surface area contributed by atoms with Gasteiger partial charge in [-0.1, -0.05) is 60.7 Å². The zero-order chi connectivity index (χ0) is 16.3. The van der Waals surface area contributed by atoms with Crippen molar-refractivity contribution in [1.82, 2.24) is 5.32 Å². The number of benzene rings is 2. The second kappa shape index (κ2) is 6.17. The fraction of sp³-hybridized carbons (Fsp3) is 0.350. The third kappa shape index (κ3) is 3.02. The summed E-state index contributed by atoms with van der Waals surface area (Å²) in [6, 6.07) is 19.7. The van der Waals surface area contributed by atoms with E-state index in [1.807, 2.05) is 67.6 Å². The lowest BCUT2D eigenvalue weighted by atomic mass is 9.75. The summed E-state index contributed by atoms with van der Waals surface area (Å²) in [5.74, 6) is -0.0189. The molecule has 1 fully saturated rings. The van der Waals surface area contributed by atoms with E-state index < -0.39 is 5.41 Å². The van der Waals surface area contributed by atoms with Gasteiger partial charge < -0.3 is 10.4 Å². The highest BCUT2D eigenvalue weighted by atomic mass is 16.3. The Balaban J connectivity index is 1.91. The fourth-order valence-electron chi connectivity index (χ4n) is 2.98. The lowest BCUT2D eigenvalue weighted by molar-refractivity contribution is -0.125. The van der Waals surface area contributed by atoms with Gasteiger partial charge in [-0.3, -0.25) is 4.79 Å². The van der Waals surface area contributed by atoms with Crippen molar-refractivity contribution in [2.75, 3.05) is 13.2 Å². The zero-order valence-corrected chi connectivity index (χ0v) is 13.5. The van der Waals surface area contributed by atoms with Gasteiger partial charge in [-0.25, -0.2) is 0 Å². The van der Waals surface area contributed by atoms with E-state index in [-0.39, 0.29) is 17.9 Å². The van der Waals surface area contributed by atoms with E-state index in [0.717, 1.165) is 24.0 Å². The Morgan fingerprint density at radius 2 is 1.52 bits per heavy atom. The third-order valence-corrected chi connectivity index (χ3v) is 5.07. The van der Waals surface area contributed by atoms with E-state index in [1.165, 1.54) is 0 Å². The molecule has 1 aliphatic rings. The molecule has 2 aromatic carbocycles. The monoisotopic (exact) mass is 309 g/mol. The first kappa shape index (κ1) is 15.8. The summed E-state index contributed by atoms with van der Waals surface area (Å²) >= 11 is 0. The zero-order valence-electron chi connectivity index (χ0n) is 13.5. The normalized spacial score (nSPS) is 15.9. The highest BCUT2D eigenvalue weighted by Crippen LogP contribution is 2.44. The Bertz CT molecular complexity index is 623. The van der Waals surface area contributed by atoms with Crippen molar-refractivity contribution in [3.8, 4) is 0 Å². The lowest BCUT2D eigenvalue weighted by Gasteiger charge is -2.30. The first-order valence-electron chi connectivity index (χ1n) is 8.11. The molecule has 0 unspecified atom stereocenters. The molecule has 3 heteroatoms. The highest BCUT2D eigenvalue weighted by molar-refractivity contribution is 5.91. The molecule has 1 aliphatic carbocycles. The summed E-state index contributed by atoms with van der Waals surface area (Å²) in [6.07, 6.45) is 1.97. The molecule has 0 bridgehead atoms. The van der Waals surface area contributed by atoms with E-state index in [0.29, 0.717) is 6.54 Å². The molecule has 0 aliphatic heterocycles. The smallest absolute Gasteiger partial charge is 0.234 e. The van der Waals surface area contributed by atoms with Crippen molar-refractivity contribution in [2.24, 2.45) is 5.41 Å². The summed E-state index contributed by atoms with van der Waals surface area (Å²) in [5.41, 5.74) is 1.10. The van der Waals surface area contributed by atoms with Crippen LogP contribution in [0.3, 0.4) is 0 Å². The van der Waals surface area contributed by atoms with Crippen LogP contribution in [0.15, 0.2) is 60.7 Å². The molecular formula is C20H23NO2. The van der Waals surface area contributed by atoms with E-state index >= 15 is 0 Å². The number of hydrogen-bond acceptors (Lipinski definition) is 2. The largest absolute Gasteiger partial charge is 0.396 e. The maximum atomic E-state index is 13.1. The molecule has 1 saturated carbocycles. The van der Waals surface area contributed by atoms with E-state index in [9.17, 15) is 9.90 Å². The van der Waals surface area contributed by atoms with Crippen LogP contribution in [0.4, 0.5) is 0 Å². The van der Waals surface area contributed by atoms with Crippen LogP contribution in [0, 0.1) is 5.41 Å². The van der Waals surface area contributed by atoms with Gasteiger partial charge in [-0.2, -0.15) is 0 Å². The number of aliphatic hydroxyl groups is 1. The minimum atomic E-state index is -0.742. The van der Waals surface area contributed by atoms with Gasteiger partial charge in [-0.15, -0.1) is 0 Å². The van der Waals surface area contributed by atoms with Crippen LogP contribution in [0.25, 0.3) is 0 Å².